The Kier molecular flexibility index (Phi) is 5.94. The number of aryl methyl sites for hydroxylation is 4. The Bertz CT molecular complexity index is 669. The molecule has 2 aromatic rings. The number of hydrogen-bond donors (Lipinski definition) is 2. The summed E-state index contributed by atoms with van der Waals surface area (Å²) in [6.45, 7) is 9.68. The Balaban J connectivity index is 1.80. The second kappa shape index (κ2) is 7.93. The third-order valence-electron chi connectivity index (χ3n) is 3.88. The number of amides is 1. The number of anilines is 1. The van der Waals surface area contributed by atoms with E-state index >= 15 is 0 Å². The summed E-state index contributed by atoms with van der Waals surface area (Å²) in [5, 5.41) is 6.36. The average Bonchev–Trinajstić information content (AvgIpc) is 2.47. The van der Waals surface area contributed by atoms with E-state index in [-0.39, 0.29) is 5.91 Å². The minimum absolute atomic E-state index is 0.0526. The van der Waals surface area contributed by atoms with Crippen LogP contribution in [0.1, 0.15) is 34.2 Å². The molecule has 3 nitrogen and oxygen atoms in total. The van der Waals surface area contributed by atoms with Gasteiger partial charge in [-0.2, -0.15) is 0 Å². The lowest BCUT2D eigenvalue weighted by Gasteiger charge is -2.13. The predicted molar refractivity (Wildman–Crippen MR) is 96.8 cm³/mol. The fraction of sp³-hybridized carbons (Fsp3) is 0.350. The first-order valence-corrected chi connectivity index (χ1v) is 8.09. The quantitative estimate of drug-likeness (QED) is 0.791. The maximum absolute atomic E-state index is 12.1. The molecule has 0 aliphatic rings. The summed E-state index contributed by atoms with van der Waals surface area (Å²) in [6.07, 6.45) is 0.471. The summed E-state index contributed by atoms with van der Waals surface area (Å²) in [7, 11) is 0. The molecule has 3 heteroatoms. The zero-order chi connectivity index (χ0) is 16.8. The highest BCUT2D eigenvalue weighted by Crippen LogP contribution is 2.21. The third-order valence-corrected chi connectivity index (χ3v) is 3.88. The van der Waals surface area contributed by atoms with Crippen LogP contribution < -0.4 is 10.6 Å². The molecule has 0 saturated carbocycles. The zero-order valence-corrected chi connectivity index (χ0v) is 14.5. The van der Waals surface area contributed by atoms with Crippen LogP contribution in [0.25, 0.3) is 0 Å². The molecule has 122 valence electrons. The van der Waals surface area contributed by atoms with Crippen molar-refractivity contribution in [3.05, 3.63) is 64.2 Å². The van der Waals surface area contributed by atoms with E-state index in [4.69, 9.17) is 0 Å². The van der Waals surface area contributed by atoms with Crippen LogP contribution in [0.2, 0.25) is 0 Å². The van der Waals surface area contributed by atoms with Crippen LogP contribution in [0.3, 0.4) is 0 Å². The number of nitrogens with one attached hydrogen (secondary N) is 2. The smallest absolute Gasteiger partial charge is 0.225 e. The van der Waals surface area contributed by atoms with Crippen LogP contribution in [-0.2, 0) is 11.3 Å². The first kappa shape index (κ1) is 17.2. The Morgan fingerprint density at radius 3 is 2.30 bits per heavy atom. The summed E-state index contributed by atoms with van der Waals surface area (Å²) in [6, 6.07) is 12.6. The summed E-state index contributed by atoms with van der Waals surface area (Å²) < 4.78 is 0. The Morgan fingerprint density at radius 1 is 0.957 bits per heavy atom. The van der Waals surface area contributed by atoms with Crippen LogP contribution in [-0.4, -0.2) is 12.5 Å². The van der Waals surface area contributed by atoms with Gasteiger partial charge in [0.2, 0.25) is 5.91 Å². The fourth-order valence-electron chi connectivity index (χ4n) is 2.84. The zero-order valence-electron chi connectivity index (χ0n) is 14.5. The molecule has 2 rings (SSSR count). The summed E-state index contributed by atoms with van der Waals surface area (Å²) in [5.74, 6) is 0.0526. The van der Waals surface area contributed by atoms with Gasteiger partial charge in [-0.1, -0.05) is 47.5 Å². The highest BCUT2D eigenvalue weighted by Gasteiger charge is 2.08. The first-order chi connectivity index (χ1) is 11.0. The molecule has 2 aromatic carbocycles. The van der Waals surface area contributed by atoms with Crippen molar-refractivity contribution in [2.75, 3.05) is 11.9 Å². The number of carbonyl (C=O) groups is 1. The van der Waals surface area contributed by atoms with E-state index in [0.717, 1.165) is 23.4 Å². The fourth-order valence-corrected chi connectivity index (χ4v) is 2.84. The van der Waals surface area contributed by atoms with Crippen LogP contribution in [0, 0.1) is 27.7 Å². The van der Waals surface area contributed by atoms with Crippen molar-refractivity contribution in [1.29, 1.82) is 0 Å². The molecule has 0 unspecified atom stereocenters. The van der Waals surface area contributed by atoms with Crippen LogP contribution in [0.4, 0.5) is 5.69 Å². The predicted octanol–water partition coefficient (Wildman–Crippen LogP) is 4.04. The van der Waals surface area contributed by atoms with E-state index in [1.807, 2.05) is 13.8 Å². The molecule has 0 spiro atoms. The SMILES string of the molecule is Cc1cccc(CNCCC(=O)Nc2c(C)cc(C)cc2C)c1. The molecule has 1 amide bonds. The topological polar surface area (TPSA) is 41.1 Å². The van der Waals surface area contributed by atoms with Crippen molar-refractivity contribution in [1.82, 2.24) is 5.32 Å². The number of hydrogen-bond acceptors (Lipinski definition) is 2. The number of rotatable bonds is 6. The van der Waals surface area contributed by atoms with Gasteiger partial charge in [0.1, 0.15) is 0 Å². The van der Waals surface area contributed by atoms with Gasteiger partial charge < -0.3 is 10.6 Å². The van der Waals surface area contributed by atoms with Gasteiger partial charge in [-0.3, -0.25) is 4.79 Å². The standard InChI is InChI=1S/C20H26N2O/c1-14-6-5-7-18(12-14)13-21-9-8-19(23)22-20-16(3)10-15(2)11-17(20)4/h5-7,10-12,21H,8-9,13H2,1-4H3,(H,22,23). The second-order valence-electron chi connectivity index (χ2n) is 6.24. The van der Waals surface area contributed by atoms with Crippen molar-refractivity contribution in [2.45, 2.75) is 40.7 Å². The molecule has 0 aliphatic carbocycles. The van der Waals surface area contributed by atoms with Gasteiger partial charge in [-0.05, 0) is 44.4 Å². The molecule has 0 radical (unpaired) electrons. The van der Waals surface area contributed by atoms with Gasteiger partial charge in [0.25, 0.3) is 0 Å². The lowest BCUT2D eigenvalue weighted by molar-refractivity contribution is -0.116. The third kappa shape index (κ3) is 5.22. The maximum atomic E-state index is 12.1. The van der Waals surface area contributed by atoms with Crippen molar-refractivity contribution >= 4 is 11.6 Å². The van der Waals surface area contributed by atoms with Crippen molar-refractivity contribution < 1.29 is 4.79 Å². The monoisotopic (exact) mass is 310 g/mol. The molecule has 2 N–H and O–H groups in total. The molecule has 0 aromatic heterocycles. The first-order valence-electron chi connectivity index (χ1n) is 8.09. The maximum Gasteiger partial charge on any atom is 0.225 e. The minimum atomic E-state index is 0.0526. The highest BCUT2D eigenvalue weighted by molar-refractivity contribution is 5.92. The minimum Gasteiger partial charge on any atom is -0.326 e. The van der Waals surface area contributed by atoms with E-state index in [1.54, 1.807) is 0 Å². The Labute approximate surface area is 139 Å². The van der Waals surface area contributed by atoms with Gasteiger partial charge in [-0.15, -0.1) is 0 Å². The van der Waals surface area contributed by atoms with Crippen LogP contribution in [0.5, 0.6) is 0 Å². The van der Waals surface area contributed by atoms with Crippen molar-refractivity contribution in [3.8, 4) is 0 Å². The van der Waals surface area contributed by atoms with Crippen LogP contribution >= 0.6 is 0 Å². The molecule has 23 heavy (non-hydrogen) atoms. The molecule has 0 fully saturated rings. The normalized spacial score (nSPS) is 10.6. The van der Waals surface area contributed by atoms with E-state index in [2.05, 4.69) is 60.9 Å². The molecule has 0 aliphatic heterocycles. The highest BCUT2D eigenvalue weighted by atomic mass is 16.1. The lowest BCUT2D eigenvalue weighted by Crippen LogP contribution is -2.22. The largest absolute Gasteiger partial charge is 0.326 e. The van der Waals surface area contributed by atoms with E-state index in [1.165, 1.54) is 16.7 Å². The summed E-state index contributed by atoms with van der Waals surface area (Å²) >= 11 is 0. The summed E-state index contributed by atoms with van der Waals surface area (Å²) in [5.41, 5.74) is 6.90. The van der Waals surface area contributed by atoms with Crippen molar-refractivity contribution in [2.24, 2.45) is 0 Å². The second-order valence-corrected chi connectivity index (χ2v) is 6.24. The van der Waals surface area contributed by atoms with E-state index < -0.39 is 0 Å². The van der Waals surface area contributed by atoms with Gasteiger partial charge >= 0.3 is 0 Å². The van der Waals surface area contributed by atoms with Gasteiger partial charge in [0.15, 0.2) is 0 Å². The molecular formula is C20H26N2O. The lowest BCUT2D eigenvalue weighted by atomic mass is 10.1. The van der Waals surface area contributed by atoms with Gasteiger partial charge in [-0.25, -0.2) is 0 Å². The average molecular weight is 310 g/mol. The van der Waals surface area contributed by atoms with E-state index in [0.29, 0.717) is 13.0 Å². The van der Waals surface area contributed by atoms with Crippen molar-refractivity contribution in [3.63, 3.8) is 0 Å². The van der Waals surface area contributed by atoms with E-state index in [9.17, 15) is 4.79 Å². The molecule has 0 atom stereocenters. The van der Waals surface area contributed by atoms with Gasteiger partial charge in [0.05, 0.1) is 0 Å². The molecule has 0 bridgehead atoms. The number of carbonyl (C=O) groups excluding carboxylic acids is 1. The Hall–Kier alpha value is -2.13. The number of benzene rings is 2. The van der Waals surface area contributed by atoms with Gasteiger partial charge in [0, 0.05) is 25.2 Å². The molecule has 0 saturated heterocycles. The Morgan fingerprint density at radius 2 is 1.65 bits per heavy atom. The molecular weight excluding hydrogens is 284 g/mol. The van der Waals surface area contributed by atoms with Crippen LogP contribution in [0.15, 0.2) is 36.4 Å². The summed E-state index contributed by atoms with van der Waals surface area (Å²) in [4.78, 5) is 12.1. The molecule has 0 heterocycles.